The van der Waals surface area contributed by atoms with Crippen LogP contribution in [0.4, 0.5) is 0 Å². The maximum atomic E-state index is 12.8. The van der Waals surface area contributed by atoms with Crippen molar-refractivity contribution >= 4 is 33.4 Å². The number of esters is 1. The summed E-state index contributed by atoms with van der Waals surface area (Å²) in [4.78, 5) is 29.6. The van der Waals surface area contributed by atoms with Crippen molar-refractivity contribution in [3.8, 4) is 5.13 Å². The number of thiazole rings is 1. The molecule has 0 aliphatic heterocycles. The van der Waals surface area contributed by atoms with E-state index in [0.717, 1.165) is 20.9 Å². The molecular formula is C22H19N3O3S. The van der Waals surface area contributed by atoms with E-state index in [1.54, 1.807) is 12.1 Å². The molecule has 4 rings (SSSR count). The molecule has 0 fully saturated rings. The van der Waals surface area contributed by atoms with Gasteiger partial charge in [-0.05, 0) is 35.9 Å². The molecule has 1 N–H and O–H groups in total. The first-order valence-corrected chi connectivity index (χ1v) is 9.92. The van der Waals surface area contributed by atoms with Crippen LogP contribution in [0, 0.1) is 0 Å². The van der Waals surface area contributed by atoms with Crippen LogP contribution >= 0.6 is 11.3 Å². The second-order valence-electron chi connectivity index (χ2n) is 6.51. The summed E-state index contributed by atoms with van der Waals surface area (Å²) in [5, 5.41) is 3.63. The highest BCUT2D eigenvalue weighted by atomic mass is 32.1. The molecule has 29 heavy (non-hydrogen) atoms. The Morgan fingerprint density at radius 3 is 2.59 bits per heavy atom. The van der Waals surface area contributed by atoms with Crippen molar-refractivity contribution in [2.75, 3.05) is 7.11 Å². The first-order valence-electron chi connectivity index (χ1n) is 9.10. The van der Waals surface area contributed by atoms with Crippen LogP contribution in [0.3, 0.4) is 0 Å². The number of fused-ring (bicyclic) bond motifs is 1. The van der Waals surface area contributed by atoms with Gasteiger partial charge in [-0.15, -0.1) is 0 Å². The number of carbonyl (C=O) groups excluding carboxylic acids is 2. The van der Waals surface area contributed by atoms with E-state index in [0.29, 0.717) is 12.0 Å². The van der Waals surface area contributed by atoms with Crippen molar-refractivity contribution in [1.29, 1.82) is 0 Å². The summed E-state index contributed by atoms with van der Waals surface area (Å²) in [6, 6.07) is 18.0. The summed E-state index contributed by atoms with van der Waals surface area (Å²) in [7, 11) is 1.32. The molecule has 0 saturated heterocycles. The van der Waals surface area contributed by atoms with Crippen LogP contribution in [0.1, 0.15) is 15.9 Å². The van der Waals surface area contributed by atoms with Crippen LogP contribution in [-0.4, -0.2) is 34.6 Å². The van der Waals surface area contributed by atoms with Crippen LogP contribution in [0.15, 0.2) is 73.1 Å². The molecule has 2 aromatic heterocycles. The molecule has 0 spiro atoms. The monoisotopic (exact) mass is 405 g/mol. The number of amides is 1. The molecule has 2 heterocycles. The summed E-state index contributed by atoms with van der Waals surface area (Å²) in [6.45, 7) is 0. The third-order valence-electron chi connectivity index (χ3n) is 4.54. The summed E-state index contributed by atoms with van der Waals surface area (Å²) in [5.41, 5.74) is 2.24. The van der Waals surface area contributed by atoms with Gasteiger partial charge in [-0.2, -0.15) is 0 Å². The minimum atomic E-state index is -0.762. The van der Waals surface area contributed by atoms with Crippen molar-refractivity contribution in [3.05, 3.63) is 84.2 Å². The minimum absolute atomic E-state index is 0.325. The van der Waals surface area contributed by atoms with Gasteiger partial charge in [0.1, 0.15) is 6.04 Å². The SMILES string of the molecule is COC(=O)[C@H](Cc1ccccc1)NC(=O)c1ccc2nc(-n3cccc3)sc2c1. The van der Waals surface area contributed by atoms with E-state index in [1.807, 2.05) is 65.5 Å². The van der Waals surface area contributed by atoms with Gasteiger partial charge >= 0.3 is 5.97 Å². The number of aromatic nitrogens is 2. The van der Waals surface area contributed by atoms with Crippen molar-refractivity contribution in [2.45, 2.75) is 12.5 Å². The Hall–Kier alpha value is -3.45. The fourth-order valence-electron chi connectivity index (χ4n) is 3.05. The molecule has 0 radical (unpaired) electrons. The zero-order valence-corrected chi connectivity index (χ0v) is 16.6. The summed E-state index contributed by atoms with van der Waals surface area (Å²) < 4.78 is 7.70. The number of rotatable bonds is 6. The molecule has 0 saturated carbocycles. The summed E-state index contributed by atoms with van der Waals surface area (Å²) in [5.74, 6) is -0.801. The quantitative estimate of drug-likeness (QED) is 0.498. The van der Waals surface area contributed by atoms with Crippen molar-refractivity contribution in [3.63, 3.8) is 0 Å². The molecule has 7 heteroatoms. The minimum Gasteiger partial charge on any atom is -0.467 e. The van der Waals surface area contributed by atoms with E-state index in [9.17, 15) is 9.59 Å². The van der Waals surface area contributed by atoms with E-state index < -0.39 is 12.0 Å². The predicted molar refractivity (Wildman–Crippen MR) is 112 cm³/mol. The highest BCUT2D eigenvalue weighted by molar-refractivity contribution is 7.20. The Bertz CT molecular complexity index is 1140. The second kappa shape index (κ2) is 8.28. The van der Waals surface area contributed by atoms with E-state index in [2.05, 4.69) is 10.3 Å². The van der Waals surface area contributed by atoms with Gasteiger partial charge in [0.15, 0.2) is 5.13 Å². The number of hydrogen-bond donors (Lipinski definition) is 1. The van der Waals surface area contributed by atoms with Crippen LogP contribution in [0.2, 0.25) is 0 Å². The van der Waals surface area contributed by atoms with Gasteiger partial charge in [-0.25, -0.2) is 9.78 Å². The molecule has 0 aliphatic carbocycles. The fraction of sp³-hybridized carbons (Fsp3) is 0.136. The Kier molecular flexibility index (Phi) is 5.39. The smallest absolute Gasteiger partial charge is 0.328 e. The third kappa shape index (κ3) is 4.20. The van der Waals surface area contributed by atoms with E-state index in [4.69, 9.17) is 4.74 Å². The lowest BCUT2D eigenvalue weighted by atomic mass is 10.1. The van der Waals surface area contributed by atoms with Gasteiger partial charge in [0.05, 0.1) is 17.3 Å². The molecule has 146 valence electrons. The van der Waals surface area contributed by atoms with Gasteiger partial charge < -0.3 is 14.6 Å². The Morgan fingerprint density at radius 1 is 1.10 bits per heavy atom. The first-order chi connectivity index (χ1) is 14.1. The largest absolute Gasteiger partial charge is 0.467 e. The highest BCUT2D eigenvalue weighted by Gasteiger charge is 2.23. The maximum absolute atomic E-state index is 12.8. The third-order valence-corrected chi connectivity index (χ3v) is 5.57. The molecular weight excluding hydrogens is 386 g/mol. The normalized spacial score (nSPS) is 11.9. The number of nitrogens with zero attached hydrogens (tertiary/aromatic N) is 2. The molecule has 0 bridgehead atoms. The van der Waals surface area contributed by atoms with Gasteiger partial charge in [-0.3, -0.25) is 4.79 Å². The van der Waals surface area contributed by atoms with Crippen LogP contribution < -0.4 is 5.32 Å². The van der Waals surface area contributed by atoms with Gasteiger partial charge in [0.25, 0.3) is 5.91 Å². The molecule has 0 unspecified atom stereocenters. The summed E-state index contributed by atoms with van der Waals surface area (Å²) in [6.07, 6.45) is 4.21. The topological polar surface area (TPSA) is 73.2 Å². The standard InChI is InChI=1S/C22H19N3O3S/c1-28-21(27)18(13-15-7-3-2-4-8-15)23-20(26)16-9-10-17-19(14-16)29-22(24-17)25-11-5-6-12-25/h2-12,14,18H,13H2,1H3,(H,23,26)/t18-/m0/s1. The van der Waals surface area contributed by atoms with Crippen LogP contribution in [0.25, 0.3) is 15.3 Å². The predicted octanol–water partition coefficient (Wildman–Crippen LogP) is 3.60. The van der Waals surface area contributed by atoms with Crippen molar-refractivity contribution in [2.24, 2.45) is 0 Å². The van der Waals surface area contributed by atoms with Gasteiger partial charge in [0, 0.05) is 24.4 Å². The number of nitrogens with one attached hydrogen (secondary N) is 1. The lowest BCUT2D eigenvalue weighted by Gasteiger charge is -2.16. The fourth-order valence-corrected chi connectivity index (χ4v) is 4.03. The number of ether oxygens (including phenoxy) is 1. The number of carbonyl (C=O) groups is 2. The number of hydrogen-bond acceptors (Lipinski definition) is 5. The van der Waals surface area contributed by atoms with Crippen LogP contribution in [0.5, 0.6) is 0 Å². The van der Waals surface area contributed by atoms with E-state index >= 15 is 0 Å². The highest BCUT2D eigenvalue weighted by Crippen LogP contribution is 2.26. The zero-order valence-electron chi connectivity index (χ0n) is 15.7. The lowest BCUT2D eigenvalue weighted by Crippen LogP contribution is -2.43. The second-order valence-corrected chi connectivity index (χ2v) is 7.52. The Morgan fingerprint density at radius 2 is 1.86 bits per heavy atom. The Labute approximate surface area is 171 Å². The maximum Gasteiger partial charge on any atom is 0.328 e. The molecule has 4 aromatic rings. The van der Waals surface area contributed by atoms with E-state index in [1.165, 1.54) is 18.4 Å². The number of benzene rings is 2. The zero-order chi connectivity index (χ0) is 20.2. The lowest BCUT2D eigenvalue weighted by molar-refractivity contribution is -0.142. The van der Waals surface area contributed by atoms with Crippen molar-refractivity contribution < 1.29 is 14.3 Å². The Balaban J connectivity index is 1.55. The van der Waals surface area contributed by atoms with E-state index in [-0.39, 0.29) is 5.91 Å². The average molecular weight is 405 g/mol. The van der Waals surface area contributed by atoms with Crippen LogP contribution in [-0.2, 0) is 16.0 Å². The van der Waals surface area contributed by atoms with Gasteiger partial charge in [-0.1, -0.05) is 41.7 Å². The average Bonchev–Trinajstić information content (AvgIpc) is 3.42. The molecule has 6 nitrogen and oxygen atoms in total. The molecule has 1 atom stereocenters. The first kappa shape index (κ1) is 18.9. The molecule has 2 aromatic carbocycles. The molecule has 1 amide bonds. The van der Waals surface area contributed by atoms with Gasteiger partial charge in [0.2, 0.25) is 0 Å². The molecule has 0 aliphatic rings. The number of methoxy groups -OCH3 is 1. The van der Waals surface area contributed by atoms with Crippen molar-refractivity contribution in [1.82, 2.24) is 14.9 Å². The summed E-state index contributed by atoms with van der Waals surface area (Å²) >= 11 is 1.50.